The van der Waals surface area contributed by atoms with E-state index in [9.17, 15) is 0 Å². The van der Waals surface area contributed by atoms with E-state index in [2.05, 4.69) is 19.2 Å². The van der Waals surface area contributed by atoms with Crippen molar-refractivity contribution < 1.29 is 9.90 Å². The van der Waals surface area contributed by atoms with Crippen molar-refractivity contribution in [3.8, 4) is 0 Å². The molecule has 0 heterocycles. The summed E-state index contributed by atoms with van der Waals surface area (Å²) in [5.41, 5.74) is 0. The molecule has 0 aromatic carbocycles. The van der Waals surface area contributed by atoms with Crippen LogP contribution < -0.4 is 5.32 Å². The molecule has 9 heavy (non-hydrogen) atoms. The second kappa shape index (κ2) is 15.7. The predicted molar refractivity (Wildman–Crippen MR) is 37.5 cm³/mol. The summed E-state index contributed by atoms with van der Waals surface area (Å²) in [6.07, 6.45) is 1.24. The van der Waals surface area contributed by atoms with Crippen LogP contribution >= 0.6 is 0 Å². The third kappa shape index (κ3) is 37.1. The molecule has 0 saturated carbocycles. The van der Waals surface area contributed by atoms with E-state index in [1.54, 1.807) is 0 Å². The van der Waals surface area contributed by atoms with Crippen molar-refractivity contribution >= 4 is 6.47 Å². The van der Waals surface area contributed by atoms with Gasteiger partial charge in [-0.1, -0.05) is 13.8 Å². The van der Waals surface area contributed by atoms with E-state index in [1.807, 2.05) is 0 Å². The van der Waals surface area contributed by atoms with Crippen LogP contribution in [-0.4, -0.2) is 24.7 Å². The zero-order valence-corrected chi connectivity index (χ0v) is 6.05. The summed E-state index contributed by atoms with van der Waals surface area (Å²) in [7, 11) is 0. The molecule has 0 radical (unpaired) electrons. The smallest absolute Gasteiger partial charge is 0.290 e. The molecule has 0 bridgehead atoms. The van der Waals surface area contributed by atoms with Crippen LogP contribution in [0.2, 0.25) is 0 Å². The minimum absolute atomic E-state index is 0.250. The molecular weight excluding hydrogens is 118 g/mol. The van der Waals surface area contributed by atoms with Crippen molar-refractivity contribution in [2.75, 3.05) is 13.1 Å². The van der Waals surface area contributed by atoms with Crippen molar-refractivity contribution in [1.29, 1.82) is 0 Å². The fourth-order valence-electron chi connectivity index (χ4n) is 0.354. The summed E-state index contributed by atoms with van der Waals surface area (Å²) < 4.78 is 0. The van der Waals surface area contributed by atoms with Crippen molar-refractivity contribution in [3.05, 3.63) is 0 Å². The molecule has 0 atom stereocenters. The van der Waals surface area contributed by atoms with Gasteiger partial charge in [0.25, 0.3) is 6.47 Å². The second-order valence-corrected chi connectivity index (χ2v) is 1.46. The van der Waals surface area contributed by atoms with Gasteiger partial charge in [0.1, 0.15) is 0 Å². The summed E-state index contributed by atoms with van der Waals surface area (Å²) >= 11 is 0. The Hall–Kier alpha value is -0.570. The molecule has 3 heteroatoms. The van der Waals surface area contributed by atoms with Crippen LogP contribution in [0.3, 0.4) is 0 Å². The van der Waals surface area contributed by atoms with Crippen LogP contribution in [-0.2, 0) is 4.79 Å². The molecule has 2 N–H and O–H groups in total. The van der Waals surface area contributed by atoms with E-state index in [0.29, 0.717) is 0 Å². The van der Waals surface area contributed by atoms with Gasteiger partial charge in [0.2, 0.25) is 0 Å². The lowest BCUT2D eigenvalue weighted by molar-refractivity contribution is -0.122. The molecule has 0 saturated heterocycles. The molecule has 56 valence electrons. The molecule has 0 aliphatic rings. The van der Waals surface area contributed by atoms with Gasteiger partial charge in [-0.05, 0) is 19.5 Å². The highest BCUT2D eigenvalue weighted by Crippen LogP contribution is 1.65. The van der Waals surface area contributed by atoms with Gasteiger partial charge in [0.15, 0.2) is 0 Å². The van der Waals surface area contributed by atoms with Crippen molar-refractivity contribution in [2.45, 2.75) is 20.3 Å². The molecule has 0 aliphatic heterocycles. The molecule has 0 fully saturated rings. The van der Waals surface area contributed by atoms with Crippen LogP contribution in [0.5, 0.6) is 0 Å². The average molecular weight is 133 g/mol. The minimum Gasteiger partial charge on any atom is -0.483 e. The zero-order valence-electron chi connectivity index (χ0n) is 6.05. The van der Waals surface area contributed by atoms with Gasteiger partial charge in [-0.25, -0.2) is 0 Å². The van der Waals surface area contributed by atoms with Crippen molar-refractivity contribution in [3.63, 3.8) is 0 Å². The lowest BCUT2D eigenvalue weighted by atomic mass is 10.5. The Labute approximate surface area is 56.1 Å². The first kappa shape index (κ1) is 11.3. The quantitative estimate of drug-likeness (QED) is 0.440. The van der Waals surface area contributed by atoms with Gasteiger partial charge >= 0.3 is 0 Å². The fourth-order valence-corrected chi connectivity index (χ4v) is 0.354. The number of carboxylic acid groups (broad SMARTS) is 1. The number of nitrogens with one attached hydrogen (secondary N) is 1. The van der Waals surface area contributed by atoms with E-state index < -0.39 is 0 Å². The minimum atomic E-state index is -0.250. The Balaban J connectivity index is 0. The predicted octanol–water partition coefficient (Wildman–Crippen LogP) is 0.707. The van der Waals surface area contributed by atoms with E-state index in [-0.39, 0.29) is 6.47 Å². The third-order valence-corrected chi connectivity index (χ3v) is 0.677. The Morgan fingerprint density at radius 2 is 2.00 bits per heavy atom. The Bertz CT molecular complexity index is 44.3. The lowest BCUT2D eigenvalue weighted by Gasteiger charge is -1.91. The number of rotatable bonds is 3. The fraction of sp³-hybridized carbons (Fsp3) is 0.833. The number of hydrogen-bond donors (Lipinski definition) is 2. The van der Waals surface area contributed by atoms with E-state index in [4.69, 9.17) is 9.90 Å². The normalized spacial score (nSPS) is 7.33. The van der Waals surface area contributed by atoms with E-state index in [0.717, 1.165) is 13.1 Å². The van der Waals surface area contributed by atoms with Crippen LogP contribution in [0.1, 0.15) is 20.3 Å². The summed E-state index contributed by atoms with van der Waals surface area (Å²) in [6, 6.07) is 0. The Morgan fingerprint density at radius 1 is 1.56 bits per heavy atom. The first-order chi connectivity index (χ1) is 4.33. The molecule has 0 aromatic rings. The Kier molecular flexibility index (Phi) is 19.6. The van der Waals surface area contributed by atoms with Crippen molar-refractivity contribution in [1.82, 2.24) is 5.32 Å². The zero-order chi connectivity index (χ0) is 7.54. The molecular formula is C6H15NO2. The maximum absolute atomic E-state index is 8.36. The maximum atomic E-state index is 8.36. The molecule has 3 nitrogen and oxygen atoms in total. The van der Waals surface area contributed by atoms with E-state index >= 15 is 0 Å². The molecule has 0 amide bonds. The highest BCUT2D eigenvalue weighted by molar-refractivity contribution is 5.32. The van der Waals surface area contributed by atoms with Crippen LogP contribution in [0.25, 0.3) is 0 Å². The molecule has 0 spiro atoms. The van der Waals surface area contributed by atoms with Gasteiger partial charge in [-0.2, -0.15) is 0 Å². The third-order valence-electron chi connectivity index (χ3n) is 0.677. The molecule has 0 unspecified atom stereocenters. The Morgan fingerprint density at radius 3 is 2.11 bits per heavy atom. The second-order valence-electron chi connectivity index (χ2n) is 1.46. The summed E-state index contributed by atoms with van der Waals surface area (Å²) in [6.45, 7) is 6.31. The monoisotopic (exact) mass is 133 g/mol. The lowest BCUT2D eigenvalue weighted by Crippen LogP contribution is -2.12. The average Bonchev–Trinajstić information content (AvgIpc) is 1.86. The van der Waals surface area contributed by atoms with Crippen LogP contribution in [0.15, 0.2) is 0 Å². The first-order valence-corrected chi connectivity index (χ1v) is 3.12. The van der Waals surface area contributed by atoms with Gasteiger partial charge < -0.3 is 10.4 Å². The largest absolute Gasteiger partial charge is 0.483 e. The topological polar surface area (TPSA) is 49.3 Å². The standard InChI is InChI=1S/C5H13N.CH2O2/c1-3-5-6-4-2;2-1-3/h6H,3-5H2,1-2H3;1H,(H,2,3). The van der Waals surface area contributed by atoms with Crippen LogP contribution in [0.4, 0.5) is 0 Å². The summed E-state index contributed by atoms with van der Waals surface area (Å²) in [4.78, 5) is 8.36. The number of carbonyl (C=O) groups is 1. The first-order valence-electron chi connectivity index (χ1n) is 3.12. The highest BCUT2D eigenvalue weighted by atomic mass is 16.3. The van der Waals surface area contributed by atoms with Gasteiger partial charge in [-0.15, -0.1) is 0 Å². The summed E-state index contributed by atoms with van der Waals surface area (Å²) in [5.74, 6) is 0. The maximum Gasteiger partial charge on any atom is 0.290 e. The number of hydrogen-bond acceptors (Lipinski definition) is 2. The van der Waals surface area contributed by atoms with Gasteiger partial charge in [0.05, 0.1) is 0 Å². The molecule has 0 aliphatic carbocycles. The summed E-state index contributed by atoms with van der Waals surface area (Å²) in [5, 5.41) is 10.1. The van der Waals surface area contributed by atoms with Crippen LogP contribution in [0, 0.1) is 0 Å². The van der Waals surface area contributed by atoms with E-state index in [1.165, 1.54) is 6.42 Å². The SMILES string of the molecule is CCCNCC.O=CO. The van der Waals surface area contributed by atoms with Crippen molar-refractivity contribution in [2.24, 2.45) is 0 Å². The van der Waals surface area contributed by atoms with Gasteiger partial charge in [0, 0.05) is 0 Å². The molecule has 0 aromatic heterocycles. The van der Waals surface area contributed by atoms with Gasteiger partial charge in [-0.3, -0.25) is 4.79 Å². The highest BCUT2D eigenvalue weighted by Gasteiger charge is 1.71. The molecule has 0 rings (SSSR count).